The predicted molar refractivity (Wildman–Crippen MR) is 93.1 cm³/mol. The average Bonchev–Trinajstić information content (AvgIpc) is 2.52. The van der Waals surface area contributed by atoms with Gasteiger partial charge in [-0.05, 0) is 56.5 Å². The van der Waals surface area contributed by atoms with Crippen LogP contribution < -0.4 is 0 Å². The van der Waals surface area contributed by atoms with E-state index in [0.717, 1.165) is 38.7 Å². The van der Waals surface area contributed by atoms with Crippen LogP contribution in [0.15, 0.2) is 36.4 Å². The Morgan fingerprint density at radius 1 is 0.913 bits per heavy atom. The van der Waals surface area contributed by atoms with Gasteiger partial charge in [-0.15, -0.1) is 0 Å². The maximum atomic E-state index is 11.8. The van der Waals surface area contributed by atoms with Crippen LogP contribution in [0.2, 0.25) is 0 Å². The molecule has 0 unspecified atom stereocenters. The zero-order valence-corrected chi connectivity index (χ0v) is 13.8. The lowest BCUT2D eigenvalue weighted by Crippen LogP contribution is -2.03. The van der Waals surface area contributed by atoms with E-state index >= 15 is 0 Å². The lowest BCUT2D eigenvalue weighted by atomic mass is 9.96. The van der Waals surface area contributed by atoms with Gasteiger partial charge in [0.25, 0.3) is 0 Å². The minimum Gasteiger partial charge on any atom is -0.478 e. The fraction of sp³-hybridized carbons (Fsp3) is 0.200. The molecule has 0 aliphatic rings. The molecule has 2 aromatic carbocycles. The summed E-state index contributed by atoms with van der Waals surface area (Å²) in [6.07, 6.45) is 0. The lowest BCUT2D eigenvalue weighted by molar-refractivity contribution is 0.0699. The Morgan fingerprint density at radius 3 is 2.26 bits per heavy atom. The van der Waals surface area contributed by atoms with Crippen molar-refractivity contribution in [1.29, 1.82) is 0 Å². The standard InChI is InChI=1S/C20H19NO2/c1-11-5-6-12(2)15(9-11)17-10-16(20(22)23)18-13(3)7-8-14(4)19(18)21-17/h5-10H,1-4H3,(H,22,23). The van der Waals surface area contributed by atoms with Crippen LogP contribution in [-0.2, 0) is 0 Å². The second-order valence-electron chi connectivity index (χ2n) is 6.10. The number of benzene rings is 2. The highest BCUT2D eigenvalue weighted by molar-refractivity contribution is 6.06. The minimum atomic E-state index is -0.919. The molecule has 0 aliphatic carbocycles. The van der Waals surface area contributed by atoms with Crippen molar-refractivity contribution >= 4 is 16.9 Å². The maximum absolute atomic E-state index is 11.8. The van der Waals surface area contributed by atoms with Gasteiger partial charge in [-0.3, -0.25) is 0 Å². The molecule has 0 fully saturated rings. The van der Waals surface area contributed by atoms with Crippen LogP contribution in [-0.4, -0.2) is 16.1 Å². The molecule has 3 rings (SSSR count). The molecule has 0 saturated heterocycles. The van der Waals surface area contributed by atoms with E-state index in [4.69, 9.17) is 4.98 Å². The number of carboxylic acid groups (broad SMARTS) is 1. The molecule has 1 aromatic heterocycles. The number of fused-ring (bicyclic) bond motifs is 1. The first-order chi connectivity index (χ1) is 10.9. The van der Waals surface area contributed by atoms with Crippen LogP contribution >= 0.6 is 0 Å². The maximum Gasteiger partial charge on any atom is 0.336 e. The molecule has 1 N–H and O–H groups in total. The van der Waals surface area contributed by atoms with Gasteiger partial charge in [0.1, 0.15) is 0 Å². The molecule has 0 amide bonds. The Hall–Kier alpha value is -2.68. The van der Waals surface area contributed by atoms with Crippen LogP contribution in [0.5, 0.6) is 0 Å². The fourth-order valence-electron chi connectivity index (χ4n) is 2.96. The topological polar surface area (TPSA) is 50.2 Å². The van der Waals surface area contributed by atoms with E-state index in [0.29, 0.717) is 11.3 Å². The number of rotatable bonds is 2. The number of hydrogen-bond acceptors (Lipinski definition) is 2. The van der Waals surface area contributed by atoms with Crippen molar-refractivity contribution < 1.29 is 9.90 Å². The van der Waals surface area contributed by atoms with Crippen LogP contribution in [0.4, 0.5) is 0 Å². The molecule has 0 atom stereocenters. The summed E-state index contributed by atoms with van der Waals surface area (Å²) in [6, 6.07) is 11.8. The first-order valence-electron chi connectivity index (χ1n) is 7.60. The van der Waals surface area contributed by atoms with E-state index in [1.54, 1.807) is 6.07 Å². The summed E-state index contributed by atoms with van der Waals surface area (Å²) in [7, 11) is 0. The summed E-state index contributed by atoms with van der Waals surface area (Å²) in [5, 5.41) is 10.4. The molecule has 0 radical (unpaired) electrons. The smallest absolute Gasteiger partial charge is 0.336 e. The van der Waals surface area contributed by atoms with Gasteiger partial charge in [-0.2, -0.15) is 0 Å². The SMILES string of the molecule is Cc1ccc(C)c(-c2cc(C(=O)O)c3c(C)ccc(C)c3n2)c1. The predicted octanol–water partition coefficient (Wildman–Crippen LogP) is 4.83. The van der Waals surface area contributed by atoms with Crippen molar-refractivity contribution in [2.75, 3.05) is 0 Å². The molecule has 0 bridgehead atoms. The number of hydrogen-bond donors (Lipinski definition) is 1. The number of nitrogens with zero attached hydrogens (tertiary/aromatic N) is 1. The Morgan fingerprint density at radius 2 is 1.57 bits per heavy atom. The zero-order chi connectivity index (χ0) is 16.7. The third-order valence-electron chi connectivity index (χ3n) is 4.27. The van der Waals surface area contributed by atoms with Gasteiger partial charge in [-0.1, -0.05) is 29.8 Å². The first kappa shape index (κ1) is 15.2. The molecule has 0 spiro atoms. The summed E-state index contributed by atoms with van der Waals surface area (Å²) < 4.78 is 0. The highest BCUT2D eigenvalue weighted by Gasteiger charge is 2.16. The van der Waals surface area contributed by atoms with E-state index in [9.17, 15) is 9.90 Å². The number of aromatic carboxylic acids is 1. The number of aryl methyl sites for hydroxylation is 4. The highest BCUT2D eigenvalue weighted by Crippen LogP contribution is 2.30. The van der Waals surface area contributed by atoms with Crippen molar-refractivity contribution in [2.24, 2.45) is 0 Å². The molecule has 116 valence electrons. The van der Waals surface area contributed by atoms with Crippen LogP contribution in [0.1, 0.15) is 32.6 Å². The van der Waals surface area contributed by atoms with Crippen molar-refractivity contribution in [3.8, 4) is 11.3 Å². The van der Waals surface area contributed by atoms with E-state index in [1.165, 1.54) is 0 Å². The fourth-order valence-corrected chi connectivity index (χ4v) is 2.96. The normalized spacial score (nSPS) is 11.0. The molecular weight excluding hydrogens is 286 g/mol. The number of pyridine rings is 1. The molecular formula is C20H19NO2. The Bertz CT molecular complexity index is 942. The Kier molecular flexibility index (Phi) is 3.64. The zero-order valence-electron chi connectivity index (χ0n) is 13.8. The quantitative estimate of drug-likeness (QED) is 0.737. The summed E-state index contributed by atoms with van der Waals surface area (Å²) in [4.78, 5) is 16.6. The monoisotopic (exact) mass is 305 g/mol. The number of aromatic nitrogens is 1. The van der Waals surface area contributed by atoms with Gasteiger partial charge < -0.3 is 5.11 Å². The van der Waals surface area contributed by atoms with E-state index < -0.39 is 5.97 Å². The molecule has 0 aliphatic heterocycles. The average molecular weight is 305 g/mol. The first-order valence-corrected chi connectivity index (χ1v) is 7.60. The second kappa shape index (κ2) is 5.51. The second-order valence-corrected chi connectivity index (χ2v) is 6.10. The minimum absolute atomic E-state index is 0.312. The van der Waals surface area contributed by atoms with E-state index in [1.807, 2.05) is 52.0 Å². The molecule has 3 nitrogen and oxygen atoms in total. The molecule has 23 heavy (non-hydrogen) atoms. The van der Waals surface area contributed by atoms with Gasteiger partial charge in [0.15, 0.2) is 0 Å². The third-order valence-corrected chi connectivity index (χ3v) is 4.27. The summed E-state index contributed by atoms with van der Waals surface area (Å²) >= 11 is 0. The Balaban J connectivity index is 2.42. The van der Waals surface area contributed by atoms with Gasteiger partial charge in [0.2, 0.25) is 0 Å². The lowest BCUT2D eigenvalue weighted by Gasteiger charge is -2.13. The molecule has 3 heteroatoms. The van der Waals surface area contributed by atoms with Crippen molar-refractivity contribution in [1.82, 2.24) is 4.98 Å². The Labute approximate surface area is 135 Å². The van der Waals surface area contributed by atoms with Gasteiger partial charge in [0.05, 0.1) is 16.8 Å². The number of carboxylic acids is 1. The van der Waals surface area contributed by atoms with Crippen LogP contribution in [0.25, 0.3) is 22.2 Å². The number of carbonyl (C=O) groups is 1. The van der Waals surface area contributed by atoms with Gasteiger partial charge >= 0.3 is 5.97 Å². The third kappa shape index (κ3) is 2.59. The summed E-state index contributed by atoms with van der Waals surface area (Å²) in [5.74, 6) is -0.919. The molecule has 3 aromatic rings. The van der Waals surface area contributed by atoms with Crippen LogP contribution in [0, 0.1) is 27.7 Å². The van der Waals surface area contributed by atoms with Crippen molar-refractivity contribution in [3.05, 3.63) is 64.2 Å². The largest absolute Gasteiger partial charge is 0.478 e. The van der Waals surface area contributed by atoms with Crippen molar-refractivity contribution in [2.45, 2.75) is 27.7 Å². The molecule has 1 heterocycles. The van der Waals surface area contributed by atoms with Crippen LogP contribution in [0.3, 0.4) is 0 Å². The molecule has 0 saturated carbocycles. The summed E-state index contributed by atoms with van der Waals surface area (Å²) in [6.45, 7) is 7.93. The van der Waals surface area contributed by atoms with Crippen molar-refractivity contribution in [3.63, 3.8) is 0 Å². The highest BCUT2D eigenvalue weighted by atomic mass is 16.4. The summed E-state index contributed by atoms with van der Waals surface area (Å²) in [5.41, 5.74) is 6.91. The van der Waals surface area contributed by atoms with E-state index in [2.05, 4.69) is 6.07 Å². The van der Waals surface area contributed by atoms with Gasteiger partial charge in [-0.25, -0.2) is 9.78 Å². The van der Waals surface area contributed by atoms with Gasteiger partial charge in [0, 0.05) is 10.9 Å². The van der Waals surface area contributed by atoms with E-state index in [-0.39, 0.29) is 0 Å².